The van der Waals surface area contributed by atoms with Crippen molar-refractivity contribution in [1.29, 1.82) is 0 Å². The Morgan fingerprint density at radius 1 is 1.26 bits per heavy atom. The van der Waals surface area contributed by atoms with Crippen LogP contribution >= 0.6 is 0 Å². The Morgan fingerprint density at radius 2 is 1.84 bits per heavy atom. The van der Waals surface area contributed by atoms with Crippen molar-refractivity contribution < 1.29 is 24.2 Å². The zero-order valence-electron chi connectivity index (χ0n) is 12.0. The first-order valence-corrected chi connectivity index (χ1v) is 6.64. The van der Waals surface area contributed by atoms with E-state index in [1.807, 2.05) is 6.92 Å². The molecule has 1 N–H and O–H groups in total. The molecular weight excluding hydrogens is 248 g/mol. The molecule has 0 radical (unpaired) electrons. The van der Waals surface area contributed by atoms with Gasteiger partial charge in [-0.3, -0.25) is 14.4 Å². The fraction of sp³-hybridized carbons (Fsp3) is 0.786. The number of carboxylic acid groups (broad SMARTS) is 1. The zero-order valence-corrected chi connectivity index (χ0v) is 12.0. The summed E-state index contributed by atoms with van der Waals surface area (Å²) in [5, 5.41) is 9.21. The van der Waals surface area contributed by atoms with Crippen LogP contribution in [0, 0.1) is 16.7 Å². The zero-order chi connectivity index (χ0) is 14.8. The third-order valence-electron chi connectivity index (χ3n) is 4.64. The van der Waals surface area contributed by atoms with Crippen molar-refractivity contribution in [3.05, 3.63) is 0 Å². The molecule has 0 unspecified atom stereocenters. The highest BCUT2D eigenvalue weighted by Gasteiger charge is 2.59. The predicted octanol–water partition coefficient (Wildman–Crippen LogP) is 2.38. The van der Waals surface area contributed by atoms with Gasteiger partial charge >= 0.3 is 17.9 Å². The van der Waals surface area contributed by atoms with E-state index in [2.05, 4.69) is 0 Å². The van der Waals surface area contributed by atoms with Gasteiger partial charge in [-0.05, 0) is 31.6 Å². The lowest BCUT2D eigenvalue weighted by molar-refractivity contribution is -0.172. The topological polar surface area (TPSA) is 80.7 Å². The van der Waals surface area contributed by atoms with Gasteiger partial charge in [-0.2, -0.15) is 0 Å². The Morgan fingerprint density at radius 3 is 2.26 bits per heavy atom. The minimum atomic E-state index is -0.931. The van der Waals surface area contributed by atoms with Crippen molar-refractivity contribution in [3.8, 4) is 0 Å². The summed E-state index contributed by atoms with van der Waals surface area (Å²) in [7, 11) is 0. The second-order valence-corrected chi connectivity index (χ2v) is 5.99. The van der Waals surface area contributed by atoms with E-state index in [-0.39, 0.29) is 6.42 Å². The molecule has 2 atom stereocenters. The van der Waals surface area contributed by atoms with Gasteiger partial charge in [0.05, 0.1) is 11.3 Å². The third-order valence-corrected chi connectivity index (χ3v) is 4.64. The number of carbonyl (C=O) groups is 3. The molecule has 5 heteroatoms. The molecule has 0 bridgehead atoms. The van der Waals surface area contributed by atoms with Gasteiger partial charge in [0.1, 0.15) is 0 Å². The van der Waals surface area contributed by atoms with Gasteiger partial charge in [0.25, 0.3) is 0 Å². The van der Waals surface area contributed by atoms with Crippen LogP contribution in [0.25, 0.3) is 0 Å². The molecule has 1 fully saturated rings. The number of hydrogen-bond acceptors (Lipinski definition) is 4. The first kappa shape index (κ1) is 15.7. The largest absolute Gasteiger partial charge is 0.481 e. The molecule has 0 heterocycles. The van der Waals surface area contributed by atoms with Gasteiger partial charge in [-0.1, -0.05) is 20.8 Å². The Kier molecular flexibility index (Phi) is 4.38. The van der Waals surface area contributed by atoms with Crippen LogP contribution < -0.4 is 0 Å². The van der Waals surface area contributed by atoms with Gasteiger partial charge in [-0.25, -0.2) is 0 Å². The second-order valence-electron chi connectivity index (χ2n) is 5.99. The van der Waals surface area contributed by atoms with E-state index in [1.54, 1.807) is 20.8 Å². The minimum Gasteiger partial charge on any atom is -0.481 e. The molecule has 5 nitrogen and oxygen atoms in total. The lowest BCUT2D eigenvalue weighted by atomic mass is 9.65. The number of carboxylic acids is 1. The molecule has 1 rings (SSSR count). The number of aliphatic carboxylic acids is 1. The molecule has 1 aliphatic rings. The summed E-state index contributed by atoms with van der Waals surface area (Å²) in [5.41, 5.74) is -1.66. The van der Waals surface area contributed by atoms with Gasteiger partial charge in [0.15, 0.2) is 0 Å². The predicted molar refractivity (Wildman–Crippen MR) is 68.3 cm³/mol. The van der Waals surface area contributed by atoms with Crippen LogP contribution in [-0.2, 0) is 19.1 Å². The van der Waals surface area contributed by atoms with Crippen LogP contribution in [0.4, 0.5) is 0 Å². The van der Waals surface area contributed by atoms with Crippen LogP contribution in [0.5, 0.6) is 0 Å². The molecule has 1 aliphatic carbocycles. The summed E-state index contributed by atoms with van der Waals surface area (Å²) in [6, 6.07) is 0. The normalized spacial score (nSPS) is 28.9. The van der Waals surface area contributed by atoms with E-state index < -0.39 is 34.7 Å². The monoisotopic (exact) mass is 270 g/mol. The second kappa shape index (κ2) is 5.31. The van der Waals surface area contributed by atoms with Gasteiger partial charge < -0.3 is 9.84 Å². The molecule has 19 heavy (non-hydrogen) atoms. The average Bonchev–Trinajstić information content (AvgIpc) is 2.51. The summed E-state index contributed by atoms with van der Waals surface area (Å²) in [5.74, 6) is -2.63. The summed E-state index contributed by atoms with van der Waals surface area (Å²) in [6.45, 7) is 7.03. The van der Waals surface area contributed by atoms with Crippen molar-refractivity contribution in [1.82, 2.24) is 0 Å². The minimum absolute atomic E-state index is 0.199. The third kappa shape index (κ3) is 2.65. The molecule has 0 aromatic carbocycles. The van der Waals surface area contributed by atoms with Crippen molar-refractivity contribution in [2.24, 2.45) is 16.7 Å². The molecule has 0 aliphatic heterocycles. The van der Waals surface area contributed by atoms with E-state index in [0.717, 1.165) is 0 Å². The maximum atomic E-state index is 12.2. The van der Waals surface area contributed by atoms with Crippen LogP contribution in [0.1, 0.15) is 53.4 Å². The van der Waals surface area contributed by atoms with Crippen molar-refractivity contribution in [2.75, 3.05) is 0 Å². The number of rotatable bonds is 4. The van der Waals surface area contributed by atoms with E-state index in [0.29, 0.717) is 19.3 Å². The SMILES string of the molecule is CCCC(=O)OC(=O)[C@@]1(C)CC[C@@H](C(=O)O)C1(C)C. The Hall–Kier alpha value is -1.39. The fourth-order valence-electron chi connectivity index (χ4n) is 2.77. The maximum absolute atomic E-state index is 12.2. The lowest BCUT2D eigenvalue weighted by Crippen LogP contribution is -2.44. The van der Waals surface area contributed by atoms with E-state index in [4.69, 9.17) is 4.74 Å². The standard InChI is InChI=1S/C14H22O5/c1-5-6-10(15)19-12(18)14(4)8-7-9(11(16)17)13(14,2)3/h9H,5-8H2,1-4H3,(H,16,17)/t9-,14+/m0/s1. The quantitative estimate of drug-likeness (QED) is 0.626. The summed E-state index contributed by atoms with van der Waals surface area (Å²) >= 11 is 0. The Bertz CT molecular complexity index is 399. The van der Waals surface area contributed by atoms with E-state index >= 15 is 0 Å². The molecule has 0 aromatic rings. The van der Waals surface area contributed by atoms with Crippen molar-refractivity contribution in [2.45, 2.75) is 53.4 Å². The first-order chi connectivity index (χ1) is 8.66. The van der Waals surface area contributed by atoms with Crippen LogP contribution in [0.15, 0.2) is 0 Å². The molecule has 0 aromatic heterocycles. The van der Waals surface area contributed by atoms with E-state index in [1.165, 1.54) is 0 Å². The van der Waals surface area contributed by atoms with Crippen LogP contribution in [0.2, 0.25) is 0 Å². The van der Waals surface area contributed by atoms with Crippen molar-refractivity contribution in [3.63, 3.8) is 0 Å². The van der Waals surface area contributed by atoms with E-state index in [9.17, 15) is 19.5 Å². The van der Waals surface area contributed by atoms with Crippen LogP contribution in [0.3, 0.4) is 0 Å². The Balaban J connectivity index is 2.90. The lowest BCUT2D eigenvalue weighted by Gasteiger charge is -2.37. The summed E-state index contributed by atoms with van der Waals surface area (Å²) in [6.07, 6.45) is 1.67. The van der Waals surface area contributed by atoms with Gasteiger partial charge in [0.2, 0.25) is 0 Å². The smallest absolute Gasteiger partial charge is 0.320 e. The highest BCUT2D eigenvalue weighted by molar-refractivity contribution is 5.90. The number of hydrogen-bond donors (Lipinski definition) is 1. The van der Waals surface area contributed by atoms with Crippen LogP contribution in [-0.4, -0.2) is 23.0 Å². The highest BCUT2D eigenvalue weighted by atomic mass is 16.6. The molecule has 0 spiro atoms. The molecular formula is C14H22O5. The molecule has 0 saturated heterocycles. The Labute approximate surface area is 113 Å². The highest BCUT2D eigenvalue weighted by Crippen LogP contribution is 2.56. The molecule has 108 valence electrons. The molecule has 1 saturated carbocycles. The number of ether oxygens (including phenoxy) is 1. The number of esters is 2. The van der Waals surface area contributed by atoms with Gasteiger partial charge in [-0.15, -0.1) is 0 Å². The first-order valence-electron chi connectivity index (χ1n) is 6.64. The number of carbonyl (C=O) groups excluding carboxylic acids is 2. The summed E-state index contributed by atoms with van der Waals surface area (Å²) < 4.78 is 4.87. The fourth-order valence-corrected chi connectivity index (χ4v) is 2.77. The van der Waals surface area contributed by atoms with Crippen molar-refractivity contribution >= 4 is 17.9 Å². The average molecular weight is 270 g/mol. The summed E-state index contributed by atoms with van der Waals surface area (Å²) in [4.78, 5) is 34.9. The maximum Gasteiger partial charge on any atom is 0.320 e. The van der Waals surface area contributed by atoms with Gasteiger partial charge in [0, 0.05) is 6.42 Å². The molecule has 0 amide bonds.